The number of thiophene rings is 1. The smallest absolute Gasteiger partial charge is 0.266 e. The molecule has 4 rings (SSSR count). The lowest BCUT2D eigenvalue weighted by molar-refractivity contribution is 0.443. The molecule has 0 aliphatic rings. The maximum atomic E-state index is 15.3. The standard InChI is InChI=1S/C25H26FNO2S/c1-5-6-16(13(2)3)17-8-7-15(12-19(17)26)21-20(28)11-14(4)23-22(21)18-9-10-30-24(18)25(29)27-23/h7-13,16,28H,5-6H2,1-4H3,(H,27,29). The molecule has 0 saturated heterocycles. The summed E-state index contributed by atoms with van der Waals surface area (Å²) in [5, 5.41) is 14.2. The number of halogens is 1. The van der Waals surface area contributed by atoms with Gasteiger partial charge in [0.2, 0.25) is 0 Å². The molecule has 2 heterocycles. The van der Waals surface area contributed by atoms with Gasteiger partial charge in [0.1, 0.15) is 16.3 Å². The highest BCUT2D eigenvalue weighted by Gasteiger charge is 2.22. The van der Waals surface area contributed by atoms with Crippen LogP contribution < -0.4 is 5.56 Å². The summed E-state index contributed by atoms with van der Waals surface area (Å²) in [6.07, 6.45) is 1.93. The minimum atomic E-state index is -0.251. The van der Waals surface area contributed by atoms with Gasteiger partial charge in [-0.3, -0.25) is 4.79 Å². The SMILES string of the molecule is CCCC(c1ccc(-c2c(O)cc(C)c3[nH]c(=O)c4sccc4c23)cc1F)C(C)C. The summed E-state index contributed by atoms with van der Waals surface area (Å²) in [5.74, 6) is 0.334. The van der Waals surface area contributed by atoms with Crippen molar-refractivity contribution in [2.75, 3.05) is 0 Å². The lowest BCUT2D eigenvalue weighted by Gasteiger charge is -2.22. The Balaban J connectivity index is 1.99. The number of benzene rings is 2. The van der Waals surface area contributed by atoms with Gasteiger partial charge in [0.25, 0.3) is 5.56 Å². The van der Waals surface area contributed by atoms with Crippen molar-refractivity contribution < 1.29 is 9.50 Å². The fourth-order valence-corrected chi connectivity index (χ4v) is 5.31. The summed E-state index contributed by atoms with van der Waals surface area (Å²) in [7, 11) is 0. The van der Waals surface area contributed by atoms with E-state index in [0.29, 0.717) is 27.3 Å². The zero-order chi connectivity index (χ0) is 21.6. The fourth-order valence-electron chi connectivity index (χ4n) is 4.52. The summed E-state index contributed by atoms with van der Waals surface area (Å²) in [5.41, 5.74) is 3.19. The first-order chi connectivity index (χ1) is 14.3. The Morgan fingerprint density at radius 3 is 2.63 bits per heavy atom. The van der Waals surface area contributed by atoms with E-state index >= 15 is 4.39 Å². The summed E-state index contributed by atoms with van der Waals surface area (Å²) in [6, 6.07) is 8.78. The van der Waals surface area contributed by atoms with Gasteiger partial charge in [0.05, 0.1) is 5.52 Å². The lowest BCUT2D eigenvalue weighted by atomic mass is 9.83. The first-order valence-electron chi connectivity index (χ1n) is 10.4. The number of aryl methyl sites for hydroxylation is 1. The molecule has 4 aromatic rings. The van der Waals surface area contributed by atoms with Crippen molar-refractivity contribution in [2.24, 2.45) is 5.92 Å². The number of aromatic hydroxyl groups is 1. The number of hydrogen-bond donors (Lipinski definition) is 2. The number of aromatic nitrogens is 1. The molecule has 0 fully saturated rings. The molecule has 1 unspecified atom stereocenters. The molecular weight excluding hydrogens is 397 g/mol. The molecule has 2 N–H and O–H groups in total. The fraction of sp³-hybridized carbons (Fsp3) is 0.320. The molecular formula is C25H26FNO2S. The number of H-pyrrole nitrogens is 1. The molecule has 0 saturated carbocycles. The van der Waals surface area contributed by atoms with E-state index < -0.39 is 0 Å². The van der Waals surface area contributed by atoms with Gasteiger partial charge in [0.15, 0.2) is 0 Å². The Morgan fingerprint density at radius 2 is 1.97 bits per heavy atom. The molecule has 0 amide bonds. The van der Waals surface area contributed by atoms with Gasteiger partial charge >= 0.3 is 0 Å². The van der Waals surface area contributed by atoms with Crippen LogP contribution >= 0.6 is 11.3 Å². The van der Waals surface area contributed by atoms with Crippen molar-refractivity contribution in [1.29, 1.82) is 0 Å². The van der Waals surface area contributed by atoms with Crippen LogP contribution in [0.15, 0.2) is 40.5 Å². The highest BCUT2D eigenvalue weighted by molar-refractivity contribution is 7.17. The predicted molar refractivity (Wildman–Crippen MR) is 124 cm³/mol. The van der Waals surface area contributed by atoms with Crippen LogP contribution in [0.25, 0.3) is 32.1 Å². The second-order valence-electron chi connectivity index (χ2n) is 8.33. The maximum absolute atomic E-state index is 15.3. The van der Waals surface area contributed by atoms with Crippen LogP contribution in [-0.4, -0.2) is 10.1 Å². The zero-order valence-corrected chi connectivity index (χ0v) is 18.5. The first-order valence-corrected chi connectivity index (χ1v) is 11.3. The average Bonchev–Trinajstić information content (AvgIpc) is 3.18. The molecule has 2 aromatic heterocycles. The van der Waals surface area contributed by atoms with Gasteiger partial charge in [-0.2, -0.15) is 0 Å². The molecule has 0 bridgehead atoms. The van der Waals surface area contributed by atoms with Gasteiger partial charge in [-0.15, -0.1) is 11.3 Å². The molecule has 0 spiro atoms. The van der Waals surface area contributed by atoms with E-state index in [1.807, 2.05) is 30.5 Å². The van der Waals surface area contributed by atoms with Gasteiger partial charge in [-0.1, -0.05) is 39.3 Å². The molecule has 3 nitrogen and oxygen atoms in total. The number of fused-ring (bicyclic) bond motifs is 3. The quantitative estimate of drug-likeness (QED) is 0.360. The molecule has 1 atom stereocenters. The number of hydrogen-bond acceptors (Lipinski definition) is 3. The van der Waals surface area contributed by atoms with Crippen molar-refractivity contribution >= 4 is 32.3 Å². The average molecular weight is 424 g/mol. The van der Waals surface area contributed by atoms with Crippen LogP contribution in [0.4, 0.5) is 4.39 Å². The first kappa shape index (κ1) is 20.6. The summed E-state index contributed by atoms with van der Waals surface area (Å²) < 4.78 is 15.9. The number of phenols is 1. The summed E-state index contributed by atoms with van der Waals surface area (Å²) >= 11 is 1.36. The zero-order valence-electron chi connectivity index (χ0n) is 17.7. The number of pyridine rings is 1. The normalized spacial score (nSPS) is 12.9. The van der Waals surface area contributed by atoms with E-state index in [2.05, 4.69) is 25.8 Å². The van der Waals surface area contributed by atoms with Gasteiger partial charge in [-0.05, 0) is 65.4 Å². The van der Waals surface area contributed by atoms with E-state index in [-0.39, 0.29) is 23.0 Å². The van der Waals surface area contributed by atoms with Gasteiger partial charge < -0.3 is 10.1 Å². The summed E-state index contributed by atoms with van der Waals surface area (Å²) in [4.78, 5) is 15.4. The van der Waals surface area contributed by atoms with Crippen LogP contribution in [-0.2, 0) is 0 Å². The molecule has 30 heavy (non-hydrogen) atoms. The Kier molecular flexibility index (Phi) is 5.41. The van der Waals surface area contributed by atoms with E-state index in [4.69, 9.17) is 0 Å². The van der Waals surface area contributed by atoms with Crippen molar-refractivity contribution in [3.05, 3.63) is 63.0 Å². The van der Waals surface area contributed by atoms with E-state index in [9.17, 15) is 9.90 Å². The Morgan fingerprint density at radius 1 is 1.20 bits per heavy atom. The third-order valence-corrected chi connectivity index (χ3v) is 6.89. The predicted octanol–water partition coefficient (Wildman–Crippen LogP) is 7.10. The Bertz CT molecular complexity index is 1300. The van der Waals surface area contributed by atoms with E-state index in [1.54, 1.807) is 6.07 Å². The van der Waals surface area contributed by atoms with Crippen molar-refractivity contribution in [2.45, 2.75) is 46.5 Å². The van der Waals surface area contributed by atoms with E-state index in [0.717, 1.165) is 34.7 Å². The largest absolute Gasteiger partial charge is 0.507 e. The number of nitrogens with one attached hydrogen (secondary N) is 1. The molecule has 0 aliphatic carbocycles. The van der Waals surface area contributed by atoms with Crippen LogP contribution in [0.2, 0.25) is 0 Å². The molecule has 0 aliphatic heterocycles. The van der Waals surface area contributed by atoms with Crippen molar-refractivity contribution in [3.8, 4) is 16.9 Å². The van der Waals surface area contributed by atoms with Crippen LogP contribution in [0.5, 0.6) is 5.75 Å². The number of rotatable bonds is 5. The third kappa shape index (κ3) is 3.31. The van der Waals surface area contributed by atoms with Crippen LogP contribution in [0.1, 0.15) is 50.7 Å². The number of phenolic OH excluding ortho intramolecular Hbond substituents is 1. The molecule has 156 valence electrons. The Hall–Kier alpha value is -2.66. The molecule has 5 heteroatoms. The monoisotopic (exact) mass is 423 g/mol. The minimum absolute atomic E-state index is 0.0840. The second kappa shape index (κ2) is 7.88. The number of aromatic amines is 1. The maximum Gasteiger partial charge on any atom is 0.266 e. The highest BCUT2D eigenvalue weighted by Crippen LogP contribution is 2.42. The Labute approximate surface area is 179 Å². The summed E-state index contributed by atoms with van der Waals surface area (Å²) in [6.45, 7) is 8.21. The second-order valence-corrected chi connectivity index (χ2v) is 9.25. The van der Waals surface area contributed by atoms with E-state index in [1.165, 1.54) is 17.4 Å². The lowest BCUT2D eigenvalue weighted by Crippen LogP contribution is -2.09. The topological polar surface area (TPSA) is 53.1 Å². The minimum Gasteiger partial charge on any atom is -0.507 e. The third-order valence-electron chi connectivity index (χ3n) is 5.98. The van der Waals surface area contributed by atoms with Gasteiger partial charge in [0, 0.05) is 16.3 Å². The van der Waals surface area contributed by atoms with Crippen LogP contribution in [0, 0.1) is 18.7 Å². The molecule has 2 aromatic carbocycles. The van der Waals surface area contributed by atoms with Crippen molar-refractivity contribution in [1.82, 2.24) is 4.98 Å². The van der Waals surface area contributed by atoms with Crippen LogP contribution in [0.3, 0.4) is 0 Å². The van der Waals surface area contributed by atoms with Crippen molar-refractivity contribution in [3.63, 3.8) is 0 Å². The molecule has 0 radical (unpaired) electrons. The highest BCUT2D eigenvalue weighted by atomic mass is 32.1. The van der Waals surface area contributed by atoms with Gasteiger partial charge in [-0.25, -0.2) is 4.39 Å².